The predicted octanol–water partition coefficient (Wildman–Crippen LogP) is 4.55. The second-order valence-electron chi connectivity index (χ2n) is 12.1. The SMILES string of the molecule is COc1ccc2nc(C(F)(F)CCCC[C@@H]3CC3(C)OC(=O)NCC(=O)N3CC[C@@H](C)[C@H]3C(=O)C(C)C)c(=O)[nH]c2c1. The average molecular weight is 591 g/mol. The number of nitrogens with one attached hydrogen (secondary N) is 2. The Balaban J connectivity index is 1.21. The summed E-state index contributed by atoms with van der Waals surface area (Å²) in [6, 6.07) is 4.15. The number of ether oxygens (including phenoxy) is 2. The molecule has 10 nitrogen and oxygen atoms in total. The molecule has 2 fully saturated rings. The number of hydrogen-bond acceptors (Lipinski definition) is 7. The van der Waals surface area contributed by atoms with Crippen molar-refractivity contribution in [3.63, 3.8) is 0 Å². The minimum absolute atomic E-state index is 0.0113. The summed E-state index contributed by atoms with van der Waals surface area (Å²) in [5.41, 5.74) is -1.92. The van der Waals surface area contributed by atoms with E-state index in [-0.39, 0.29) is 47.9 Å². The first-order chi connectivity index (χ1) is 19.8. The molecule has 1 aliphatic heterocycles. The topological polar surface area (TPSA) is 131 Å². The summed E-state index contributed by atoms with van der Waals surface area (Å²) in [5.74, 6) is -3.34. The first-order valence-corrected chi connectivity index (χ1v) is 14.5. The molecule has 2 aromatic rings. The first-order valence-electron chi connectivity index (χ1n) is 14.5. The van der Waals surface area contributed by atoms with Crippen molar-refractivity contribution in [2.45, 2.75) is 83.8 Å². The van der Waals surface area contributed by atoms with Crippen LogP contribution in [0.5, 0.6) is 5.75 Å². The maximum atomic E-state index is 14.9. The summed E-state index contributed by atoms with van der Waals surface area (Å²) in [5, 5.41) is 2.50. The van der Waals surface area contributed by atoms with Crippen LogP contribution >= 0.6 is 0 Å². The minimum atomic E-state index is -3.40. The number of unbranched alkanes of at least 4 members (excludes halogenated alkanes) is 1. The molecule has 230 valence electrons. The molecule has 1 aromatic carbocycles. The normalized spacial score (nSPS) is 23.7. The fraction of sp³-hybridized carbons (Fsp3) is 0.633. The number of H-pyrrole nitrogens is 1. The quantitative estimate of drug-likeness (QED) is 0.347. The van der Waals surface area contributed by atoms with Gasteiger partial charge in [-0.3, -0.25) is 14.4 Å². The molecule has 0 radical (unpaired) electrons. The van der Waals surface area contributed by atoms with Gasteiger partial charge in [0, 0.05) is 30.9 Å². The van der Waals surface area contributed by atoms with E-state index in [0.29, 0.717) is 37.1 Å². The molecule has 0 bridgehead atoms. The number of benzene rings is 1. The Hall–Kier alpha value is -3.57. The molecule has 4 rings (SSSR count). The third kappa shape index (κ3) is 6.90. The number of nitrogens with zero attached hydrogens (tertiary/aromatic N) is 2. The maximum Gasteiger partial charge on any atom is 0.408 e. The highest BCUT2D eigenvalue weighted by molar-refractivity contribution is 5.92. The number of alkyl carbamates (subject to hydrolysis) is 1. The van der Waals surface area contributed by atoms with Gasteiger partial charge in [-0.05, 0) is 50.7 Å². The van der Waals surface area contributed by atoms with Crippen molar-refractivity contribution in [2.75, 3.05) is 20.2 Å². The first kappa shape index (κ1) is 31.4. The van der Waals surface area contributed by atoms with Crippen LogP contribution in [-0.2, 0) is 20.2 Å². The monoisotopic (exact) mass is 590 g/mol. The lowest BCUT2D eigenvalue weighted by Gasteiger charge is -2.27. The van der Waals surface area contributed by atoms with Gasteiger partial charge in [-0.1, -0.05) is 27.2 Å². The van der Waals surface area contributed by atoms with E-state index < -0.39 is 41.3 Å². The number of methoxy groups -OCH3 is 1. The number of rotatable bonds is 12. The van der Waals surface area contributed by atoms with Crippen molar-refractivity contribution in [1.29, 1.82) is 0 Å². The van der Waals surface area contributed by atoms with Crippen LogP contribution < -0.4 is 15.6 Å². The maximum absolute atomic E-state index is 14.9. The molecular weight excluding hydrogens is 550 g/mol. The van der Waals surface area contributed by atoms with Crippen LogP contribution in [0, 0.1) is 17.8 Å². The third-order valence-corrected chi connectivity index (χ3v) is 8.49. The number of ketones is 1. The van der Waals surface area contributed by atoms with E-state index >= 15 is 0 Å². The highest BCUT2D eigenvalue weighted by Crippen LogP contribution is 2.49. The van der Waals surface area contributed by atoms with Crippen LogP contribution in [0.1, 0.15) is 71.9 Å². The standard InChI is InChI=1S/C30H40F2N4O6/c1-17(2)25(38)24-18(3)11-13-36(24)23(37)16-33-28(40)42-29(4)15-19(29)8-6-7-12-30(31,32)26-27(39)35-22-14-20(41-5)9-10-21(22)34-26/h9-10,14,17-19,24H,6-8,11-13,15-16H2,1-5H3,(H,33,40)(H,35,39)/t18-,19-,24+,29?/m1/s1. The third-order valence-electron chi connectivity index (χ3n) is 8.49. The Labute approximate surface area is 243 Å². The Kier molecular flexibility index (Phi) is 9.22. The number of hydrogen-bond donors (Lipinski definition) is 2. The van der Waals surface area contributed by atoms with Gasteiger partial charge in [0.15, 0.2) is 11.5 Å². The van der Waals surface area contributed by atoms with Crippen LogP contribution in [0.25, 0.3) is 11.0 Å². The number of alkyl halides is 2. The number of aromatic nitrogens is 2. The lowest BCUT2D eigenvalue weighted by Crippen LogP contribution is -2.48. The van der Waals surface area contributed by atoms with Crippen LogP contribution in [-0.4, -0.2) is 64.5 Å². The van der Waals surface area contributed by atoms with Crippen LogP contribution in [0.4, 0.5) is 13.6 Å². The van der Waals surface area contributed by atoms with Gasteiger partial charge in [0.05, 0.1) is 24.2 Å². The van der Waals surface area contributed by atoms with E-state index in [4.69, 9.17) is 9.47 Å². The van der Waals surface area contributed by atoms with Crippen LogP contribution in [0.3, 0.4) is 0 Å². The molecule has 12 heteroatoms. The molecule has 1 aromatic heterocycles. The van der Waals surface area contributed by atoms with Crippen molar-refractivity contribution in [3.05, 3.63) is 34.2 Å². The van der Waals surface area contributed by atoms with Crippen molar-refractivity contribution in [2.24, 2.45) is 17.8 Å². The van der Waals surface area contributed by atoms with Gasteiger partial charge in [0.1, 0.15) is 17.9 Å². The molecular formula is C30H40F2N4O6. The molecule has 1 aliphatic carbocycles. The minimum Gasteiger partial charge on any atom is -0.497 e. The summed E-state index contributed by atoms with van der Waals surface area (Å²) in [6.45, 7) is 7.56. The number of aromatic amines is 1. The van der Waals surface area contributed by atoms with E-state index in [0.717, 1.165) is 6.42 Å². The van der Waals surface area contributed by atoms with E-state index in [1.165, 1.54) is 19.2 Å². The number of amides is 2. The number of halogens is 2. The smallest absolute Gasteiger partial charge is 0.408 e. The fourth-order valence-electron chi connectivity index (χ4n) is 5.76. The number of carbonyl (C=O) groups is 3. The number of Topliss-reactive ketones (excluding diaryl/α,β-unsaturated/α-hetero) is 1. The Morgan fingerprint density at radius 1 is 1.26 bits per heavy atom. The van der Waals surface area contributed by atoms with Crippen LogP contribution in [0.15, 0.2) is 23.0 Å². The zero-order valence-electron chi connectivity index (χ0n) is 24.8. The largest absolute Gasteiger partial charge is 0.497 e. The zero-order valence-corrected chi connectivity index (χ0v) is 24.8. The van der Waals surface area contributed by atoms with E-state index in [9.17, 15) is 28.0 Å². The summed E-state index contributed by atoms with van der Waals surface area (Å²) >= 11 is 0. The zero-order chi connectivity index (χ0) is 30.8. The lowest BCUT2D eigenvalue weighted by molar-refractivity contribution is -0.138. The van der Waals surface area contributed by atoms with E-state index in [1.54, 1.807) is 17.9 Å². The summed E-state index contributed by atoms with van der Waals surface area (Å²) in [7, 11) is 1.46. The fourth-order valence-corrected chi connectivity index (χ4v) is 5.76. The molecule has 1 saturated carbocycles. The predicted molar refractivity (Wildman–Crippen MR) is 151 cm³/mol. The number of carbonyl (C=O) groups excluding carboxylic acids is 3. The number of likely N-dealkylation sites (tertiary alicyclic amines) is 1. The number of fused-ring (bicyclic) bond motifs is 1. The molecule has 4 atom stereocenters. The van der Waals surface area contributed by atoms with Gasteiger partial charge >= 0.3 is 6.09 Å². The van der Waals surface area contributed by atoms with Gasteiger partial charge in [-0.2, -0.15) is 8.78 Å². The Bertz CT molecular complexity index is 1400. The second-order valence-corrected chi connectivity index (χ2v) is 12.1. The Morgan fingerprint density at radius 3 is 2.69 bits per heavy atom. The molecule has 2 heterocycles. The van der Waals surface area contributed by atoms with Gasteiger partial charge in [0.2, 0.25) is 5.91 Å². The van der Waals surface area contributed by atoms with E-state index in [1.807, 2.05) is 20.8 Å². The van der Waals surface area contributed by atoms with Gasteiger partial charge in [0.25, 0.3) is 11.5 Å². The Morgan fingerprint density at radius 2 is 2.00 bits per heavy atom. The van der Waals surface area contributed by atoms with Crippen molar-refractivity contribution >= 4 is 28.8 Å². The highest BCUT2D eigenvalue weighted by Gasteiger charge is 2.53. The van der Waals surface area contributed by atoms with Crippen molar-refractivity contribution < 1.29 is 32.6 Å². The second kappa shape index (κ2) is 12.3. The van der Waals surface area contributed by atoms with Gasteiger partial charge < -0.3 is 24.7 Å². The molecule has 0 spiro atoms. The average Bonchev–Trinajstić information content (AvgIpc) is 3.40. The molecule has 1 unspecified atom stereocenters. The molecule has 2 amide bonds. The van der Waals surface area contributed by atoms with Crippen LogP contribution in [0.2, 0.25) is 0 Å². The van der Waals surface area contributed by atoms with E-state index in [2.05, 4.69) is 15.3 Å². The lowest BCUT2D eigenvalue weighted by atomic mass is 9.92. The molecule has 2 N–H and O–H groups in total. The van der Waals surface area contributed by atoms with Crippen molar-refractivity contribution in [3.8, 4) is 5.75 Å². The summed E-state index contributed by atoms with van der Waals surface area (Å²) in [4.78, 5) is 58.0. The summed E-state index contributed by atoms with van der Waals surface area (Å²) in [6.07, 6.45) is 1.26. The highest BCUT2D eigenvalue weighted by atomic mass is 19.3. The summed E-state index contributed by atoms with van der Waals surface area (Å²) < 4.78 is 40.5. The molecule has 1 saturated heterocycles. The molecule has 2 aliphatic rings. The molecule has 42 heavy (non-hydrogen) atoms. The van der Waals surface area contributed by atoms with Gasteiger partial charge in [-0.25, -0.2) is 9.78 Å². The van der Waals surface area contributed by atoms with Gasteiger partial charge in [-0.15, -0.1) is 0 Å². The van der Waals surface area contributed by atoms with Crippen molar-refractivity contribution in [1.82, 2.24) is 20.2 Å².